The van der Waals surface area contributed by atoms with E-state index < -0.39 is 0 Å². The first-order valence-corrected chi connectivity index (χ1v) is 9.21. The molecule has 0 radical (unpaired) electrons. The van der Waals surface area contributed by atoms with Gasteiger partial charge in [0.1, 0.15) is 0 Å². The van der Waals surface area contributed by atoms with Crippen molar-refractivity contribution in [3.8, 4) is 11.3 Å². The molecule has 1 aromatic carbocycles. The topological polar surface area (TPSA) is 63.1 Å². The molecule has 0 aliphatic carbocycles. The van der Waals surface area contributed by atoms with Gasteiger partial charge >= 0.3 is 0 Å². The lowest BCUT2D eigenvalue weighted by atomic mass is 10.0. The van der Waals surface area contributed by atoms with Crippen LogP contribution in [-0.2, 0) is 13.5 Å². The van der Waals surface area contributed by atoms with Crippen molar-refractivity contribution in [2.24, 2.45) is 7.05 Å². The number of hydrogen-bond donors (Lipinski definition) is 1. The van der Waals surface area contributed by atoms with Gasteiger partial charge < -0.3 is 10.2 Å². The van der Waals surface area contributed by atoms with Gasteiger partial charge in [0, 0.05) is 56.7 Å². The predicted octanol–water partition coefficient (Wildman–Crippen LogP) is 1.86. The molecule has 3 heterocycles. The molecule has 6 nitrogen and oxygen atoms in total. The molecule has 1 N–H and O–H groups in total. The molecule has 1 aliphatic heterocycles. The van der Waals surface area contributed by atoms with E-state index in [2.05, 4.69) is 39.5 Å². The minimum absolute atomic E-state index is 0.0510. The Balaban J connectivity index is 1.60. The highest BCUT2D eigenvalue weighted by atomic mass is 16.1. The highest BCUT2D eigenvalue weighted by Crippen LogP contribution is 2.19. The van der Waals surface area contributed by atoms with E-state index >= 15 is 0 Å². The average molecular weight is 361 g/mol. The molecule has 138 valence electrons. The third-order valence-electron chi connectivity index (χ3n) is 4.95. The number of rotatable bonds is 4. The van der Waals surface area contributed by atoms with Crippen molar-refractivity contribution in [1.82, 2.24) is 19.9 Å². The maximum atomic E-state index is 12.5. The summed E-state index contributed by atoms with van der Waals surface area (Å²) in [6.07, 6.45) is 4.39. The second-order valence-corrected chi connectivity index (χ2v) is 6.86. The first-order chi connectivity index (χ1) is 13.2. The van der Waals surface area contributed by atoms with E-state index in [1.54, 1.807) is 30.1 Å². The number of benzene rings is 1. The van der Waals surface area contributed by atoms with E-state index in [0.29, 0.717) is 17.7 Å². The van der Waals surface area contributed by atoms with Crippen LogP contribution in [0.1, 0.15) is 5.56 Å². The molecule has 4 rings (SSSR count). The van der Waals surface area contributed by atoms with E-state index in [1.165, 1.54) is 5.56 Å². The smallest absolute Gasteiger partial charge is 0.255 e. The molecule has 1 saturated heterocycles. The molecule has 0 saturated carbocycles. The Morgan fingerprint density at radius 3 is 2.70 bits per heavy atom. The van der Waals surface area contributed by atoms with Crippen LogP contribution >= 0.6 is 0 Å². The van der Waals surface area contributed by atoms with Gasteiger partial charge in [-0.3, -0.25) is 14.3 Å². The van der Waals surface area contributed by atoms with Crippen molar-refractivity contribution < 1.29 is 0 Å². The zero-order chi connectivity index (χ0) is 18.6. The Labute approximate surface area is 158 Å². The molecule has 1 fully saturated rings. The number of anilines is 1. The lowest BCUT2D eigenvalue weighted by Gasteiger charge is -2.35. The van der Waals surface area contributed by atoms with Gasteiger partial charge in [0.15, 0.2) is 0 Å². The first kappa shape index (κ1) is 17.4. The summed E-state index contributed by atoms with van der Waals surface area (Å²) in [5, 5.41) is 3.58. The Morgan fingerprint density at radius 1 is 1.15 bits per heavy atom. The molecule has 27 heavy (non-hydrogen) atoms. The van der Waals surface area contributed by atoms with Gasteiger partial charge in [-0.15, -0.1) is 0 Å². The summed E-state index contributed by atoms with van der Waals surface area (Å²) in [6.45, 7) is 2.51. The van der Waals surface area contributed by atoms with Crippen LogP contribution in [0.25, 0.3) is 11.3 Å². The van der Waals surface area contributed by atoms with Crippen LogP contribution < -0.4 is 15.8 Å². The van der Waals surface area contributed by atoms with Crippen LogP contribution in [0.15, 0.2) is 65.7 Å². The molecule has 1 atom stereocenters. The summed E-state index contributed by atoms with van der Waals surface area (Å²) >= 11 is 0. The third-order valence-corrected chi connectivity index (χ3v) is 4.95. The Bertz CT molecular complexity index is 955. The second-order valence-electron chi connectivity index (χ2n) is 6.86. The summed E-state index contributed by atoms with van der Waals surface area (Å²) in [6, 6.07) is 16.1. The largest absolute Gasteiger partial charge is 0.339 e. The van der Waals surface area contributed by atoms with Crippen LogP contribution in [0.3, 0.4) is 0 Å². The normalized spacial score (nSPS) is 17.1. The van der Waals surface area contributed by atoms with E-state index in [-0.39, 0.29) is 5.56 Å². The summed E-state index contributed by atoms with van der Waals surface area (Å²) in [5.41, 5.74) is 2.85. The van der Waals surface area contributed by atoms with E-state index in [0.717, 1.165) is 31.6 Å². The zero-order valence-electron chi connectivity index (χ0n) is 15.4. The Morgan fingerprint density at radius 2 is 1.93 bits per heavy atom. The molecule has 0 amide bonds. The van der Waals surface area contributed by atoms with Gasteiger partial charge in [0.25, 0.3) is 5.56 Å². The second kappa shape index (κ2) is 7.72. The number of aromatic nitrogens is 3. The summed E-state index contributed by atoms with van der Waals surface area (Å²) < 4.78 is 1.63. The van der Waals surface area contributed by atoms with E-state index in [1.807, 2.05) is 18.2 Å². The number of pyridine rings is 1. The van der Waals surface area contributed by atoms with Gasteiger partial charge in [-0.2, -0.15) is 0 Å². The predicted molar refractivity (Wildman–Crippen MR) is 107 cm³/mol. The van der Waals surface area contributed by atoms with Crippen molar-refractivity contribution >= 4 is 5.95 Å². The highest BCUT2D eigenvalue weighted by molar-refractivity contribution is 5.59. The molecule has 0 unspecified atom stereocenters. The minimum Gasteiger partial charge on any atom is -0.339 e. The van der Waals surface area contributed by atoms with Gasteiger partial charge in [0.2, 0.25) is 5.95 Å². The summed E-state index contributed by atoms with van der Waals surface area (Å²) in [4.78, 5) is 23.6. The fourth-order valence-corrected chi connectivity index (χ4v) is 3.52. The number of nitrogens with one attached hydrogen (secondary N) is 1. The number of piperazine rings is 1. The lowest BCUT2D eigenvalue weighted by Crippen LogP contribution is -2.53. The van der Waals surface area contributed by atoms with E-state index in [4.69, 9.17) is 4.98 Å². The molecule has 0 spiro atoms. The highest BCUT2D eigenvalue weighted by Gasteiger charge is 2.23. The van der Waals surface area contributed by atoms with Gasteiger partial charge in [-0.25, -0.2) is 4.98 Å². The quantitative estimate of drug-likeness (QED) is 0.769. The van der Waals surface area contributed by atoms with Crippen molar-refractivity contribution in [2.75, 3.05) is 24.5 Å². The van der Waals surface area contributed by atoms with Crippen LogP contribution in [0.4, 0.5) is 5.95 Å². The molecule has 6 heteroatoms. The van der Waals surface area contributed by atoms with Crippen molar-refractivity contribution in [3.63, 3.8) is 0 Å². The maximum absolute atomic E-state index is 12.5. The number of hydrogen-bond acceptors (Lipinski definition) is 5. The zero-order valence-corrected chi connectivity index (χ0v) is 15.4. The molecule has 3 aromatic rings. The van der Waals surface area contributed by atoms with Crippen molar-refractivity contribution in [3.05, 3.63) is 76.8 Å². The standard InChI is InChI=1S/C21H23N5O/c1-25-20(27)14-19(17-7-9-22-10-8-17)24-21(25)26-12-11-23-18(15-26)13-16-5-3-2-4-6-16/h2-10,14,18,23H,11-13,15H2,1H3/t18-/m0/s1. The Hall–Kier alpha value is -2.99. The monoisotopic (exact) mass is 361 g/mol. The molecular formula is C21H23N5O. The van der Waals surface area contributed by atoms with Gasteiger partial charge in [-0.05, 0) is 24.1 Å². The lowest BCUT2D eigenvalue weighted by molar-refractivity contribution is 0.446. The van der Waals surface area contributed by atoms with Crippen molar-refractivity contribution in [2.45, 2.75) is 12.5 Å². The van der Waals surface area contributed by atoms with E-state index in [9.17, 15) is 4.79 Å². The minimum atomic E-state index is -0.0510. The van der Waals surface area contributed by atoms with Crippen LogP contribution in [0, 0.1) is 0 Å². The van der Waals surface area contributed by atoms with Gasteiger partial charge in [0.05, 0.1) is 5.69 Å². The van der Waals surface area contributed by atoms with Crippen LogP contribution in [0.5, 0.6) is 0 Å². The van der Waals surface area contributed by atoms with Crippen molar-refractivity contribution in [1.29, 1.82) is 0 Å². The van der Waals surface area contributed by atoms with Crippen LogP contribution in [-0.4, -0.2) is 40.2 Å². The SMILES string of the molecule is Cn1c(N2CCN[C@@H](Cc3ccccc3)C2)nc(-c2ccncc2)cc1=O. The average Bonchev–Trinajstić information content (AvgIpc) is 2.71. The fourth-order valence-electron chi connectivity index (χ4n) is 3.52. The fraction of sp³-hybridized carbons (Fsp3) is 0.286. The molecular weight excluding hydrogens is 338 g/mol. The maximum Gasteiger partial charge on any atom is 0.255 e. The molecule has 2 aromatic heterocycles. The van der Waals surface area contributed by atoms with Crippen LogP contribution in [0.2, 0.25) is 0 Å². The molecule has 0 bridgehead atoms. The third kappa shape index (κ3) is 3.90. The van der Waals surface area contributed by atoms with Gasteiger partial charge in [-0.1, -0.05) is 30.3 Å². The Kier molecular flexibility index (Phi) is 4.98. The summed E-state index contributed by atoms with van der Waals surface area (Å²) in [7, 11) is 1.79. The molecule has 1 aliphatic rings. The number of nitrogens with zero attached hydrogens (tertiary/aromatic N) is 4. The first-order valence-electron chi connectivity index (χ1n) is 9.21. The summed E-state index contributed by atoms with van der Waals surface area (Å²) in [5.74, 6) is 0.717.